The first-order valence-electron chi connectivity index (χ1n) is 8.50. The number of nitrogens with zero attached hydrogens (tertiary/aromatic N) is 4. The van der Waals surface area contributed by atoms with E-state index in [2.05, 4.69) is 30.6 Å². The minimum atomic E-state index is -3.62. The van der Waals surface area contributed by atoms with E-state index in [-0.39, 0.29) is 27.5 Å². The van der Waals surface area contributed by atoms with Crippen molar-refractivity contribution in [3.8, 4) is 6.07 Å². The highest BCUT2D eigenvalue weighted by Crippen LogP contribution is 2.27. The van der Waals surface area contributed by atoms with E-state index in [4.69, 9.17) is 0 Å². The number of sulfone groups is 1. The Morgan fingerprint density at radius 3 is 2.66 bits per heavy atom. The van der Waals surface area contributed by atoms with Crippen molar-refractivity contribution in [1.29, 1.82) is 5.26 Å². The van der Waals surface area contributed by atoms with Gasteiger partial charge in [-0.1, -0.05) is 19.9 Å². The molecule has 0 fully saturated rings. The molecule has 1 aromatic heterocycles. The van der Waals surface area contributed by atoms with Crippen LogP contribution in [0.1, 0.15) is 19.4 Å². The van der Waals surface area contributed by atoms with Gasteiger partial charge < -0.3 is 4.90 Å². The van der Waals surface area contributed by atoms with Crippen LogP contribution in [0.15, 0.2) is 33.4 Å². The Morgan fingerprint density at radius 2 is 2.10 bits per heavy atom. The summed E-state index contributed by atoms with van der Waals surface area (Å²) in [5.74, 6) is -0.852. The van der Waals surface area contributed by atoms with Gasteiger partial charge in [0.25, 0.3) is 11.1 Å². The first-order chi connectivity index (χ1) is 13.5. The molecule has 0 aliphatic heterocycles. The lowest BCUT2D eigenvalue weighted by atomic mass is 10.1. The van der Waals surface area contributed by atoms with E-state index < -0.39 is 15.7 Å². The predicted octanol–water partition coefficient (Wildman–Crippen LogP) is 3.34. The zero-order chi connectivity index (χ0) is 21.8. The van der Waals surface area contributed by atoms with Gasteiger partial charge in [0.15, 0.2) is 0 Å². The summed E-state index contributed by atoms with van der Waals surface area (Å²) in [5, 5.41) is 11.5. The highest BCUT2D eigenvalue weighted by molar-refractivity contribution is 9.10. The van der Waals surface area contributed by atoms with Crippen LogP contribution >= 0.6 is 27.5 Å². The van der Waals surface area contributed by atoms with E-state index in [0.717, 1.165) is 21.7 Å². The number of halogens is 1. The van der Waals surface area contributed by atoms with E-state index in [0.29, 0.717) is 5.56 Å². The van der Waals surface area contributed by atoms with E-state index in [1.807, 2.05) is 31.1 Å². The lowest BCUT2D eigenvalue weighted by molar-refractivity contribution is -0.112. The molecule has 0 bridgehead atoms. The molecule has 0 unspecified atom stereocenters. The molecule has 1 heterocycles. The van der Waals surface area contributed by atoms with Crippen molar-refractivity contribution in [3.05, 3.63) is 33.8 Å². The molecule has 0 saturated carbocycles. The van der Waals surface area contributed by atoms with Crippen LogP contribution in [0, 0.1) is 17.2 Å². The summed E-state index contributed by atoms with van der Waals surface area (Å²) in [4.78, 5) is 18.2. The van der Waals surface area contributed by atoms with Crippen LogP contribution in [0.2, 0.25) is 0 Å². The zero-order valence-corrected chi connectivity index (χ0v) is 19.5. The Bertz CT molecular complexity index is 1090. The van der Waals surface area contributed by atoms with Gasteiger partial charge in [0.05, 0.1) is 11.4 Å². The maximum absolute atomic E-state index is 12.4. The number of hydrogen-bond donors (Lipinski definition) is 1. The van der Waals surface area contributed by atoms with E-state index >= 15 is 0 Å². The lowest BCUT2D eigenvalue weighted by Crippen LogP contribution is -2.15. The van der Waals surface area contributed by atoms with Gasteiger partial charge in [-0.3, -0.25) is 10.1 Å². The highest BCUT2D eigenvalue weighted by atomic mass is 79.9. The van der Waals surface area contributed by atoms with Gasteiger partial charge in [-0.2, -0.15) is 14.6 Å². The monoisotopic (exact) mass is 497 g/mol. The average molecular weight is 498 g/mol. The number of hydrogen-bond acceptors (Lipinski definition) is 8. The van der Waals surface area contributed by atoms with Crippen molar-refractivity contribution in [2.45, 2.75) is 19.0 Å². The van der Waals surface area contributed by atoms with Gasteiger partial charge in [-0.15, -0.1) is 0 Å². The van der Waals surface area contributed by atoms with Crippen LogP contribution in [-0.2, 0) is 14.6 Å². The van der Waals surface area contributed by atoms with Crippen molar-refractivity contribution in [1.82, 2.24) is 9.36 Å². The molecule has 1 amide bonds. The van der Waals surface area contributed by atoms with Crippen LogP contribution < -0.4 is 10.2 Å². The SMILES string of the molecule is CC(C)CS(=O)(=O)c1nsc(NC(=O)/C(C#N)=C\c2ccc(N(C)C)c(Br)c2)n1. The molecule has 0 radical (unpaired) electrons. The molecule has 0 aliphatic rings. The maximum Gasteiger partial charge on any atom is 0.268 e. The number of rotatable bonds is 7. The second-order valence-corrected chi connectivity index (χ2v) is 10.3. The van der Waals surface area contributed by atoms with Gasteiger partial charge in [0.1, 0.15) is 11.6 Å². The number of anilines is 2. The molecule has 154 valence electrons. The summed E-state index contributed by atoms with van der Waals surface area (Å²) in [7, 11) is 0.192. The first kappa shape index (κ1) is 23.0. The number of carbonyl (C=O) groups excluding carboxylic acids is 1. The second-order valence-electron chi connectivity index (χ2n) is 6.79. The molecular formula is C18H20BrN5O3S2. The summed E-state index contributed by atoms with van der Waals surface area (Å²) in [6.07, 6.45) is 1.44. The normalized spacial score (nSPS) is 12.0. The van der Waals surface area contributed by atoms with Gasteiger partial charge in [0.2, 0.25) is 15.0 Å². The molecule has 1 N–H and O–H groups in total. The van der Waals surface area contributed by atoms with Gasteiger partial charge in [0, 0.05) is 30.1 Å². The molecule has 0 saturated heterocycles. The summed E-state index contributed by atoms with van der Waals surface area (Å²) in [6, 6.07) is 7.29. The summed E-state index contributed by atoms with van der Waals surface area (Å²) >= 11 is 4.21. The Morgan fingerprint density at radius 1 is 1.41 bits per heavy atom. The third-order valence-corrected chi connectivity index (χ3v) is 6.81. The standard InChI is InChI=1S/C18H20BrN5O3S2/c1-11(2)10-29(26,27)18-22-17(28-23-18)21-16(25)13(9-20)7-12-5-6-15(24(3)4)14(19)8-12/h5-8,11H,10H2,1-4H3,(H,21,22,23,25)/b13-7-. The van der Waals surface area contributed by atoms with Crippen LogP contribution in [-0.4, -0.2) is 43.5 Å². The molecule has 2 aromatic rings. The summed E-state index contributed by atoms with van der Waals surface area (Å²) in [5.41, 5.74) is 1.47. The number of amides is 1. The number of aromatic nitrogens is 2. The van der Waals surface area contributed by atoms with Crippen molar-refractivity contribution >= 4 is 60.1 Å². The summed E-state index contributed by atoms with van der Waals surface area (Å²) < 4.78 is 29.0. The van der Waals surface area contributed by atoms with Gasteiger partial charge >= 0.3 is 0 Å². The van der Waals surface area contributed by atoms with Crippen molar-refractivity contribution in [2.75, 3.05) is 30.1 Å². The Kier molecular flexibility index (Phi) is 7.51. The fourth-order valence-electron chi connectivity index (χ4n) is 2.36. The fraction of sp³-hybridized carbons (Fsp3) is 0.333. The molecule has 2 rings (SSSR count). The van der Waals surface area contributed by atoms with Crippen LogP contribution in [0.5, 0.6) is 0 Å². The Labute approximate surface area is 182 Å². The van der Waals surface area contributed by atoms with Crippen molar-refractivity contribution in [3.63, 3.8) is 0 Å². The third kappa shape index (κ3) is 6.09. The minimum Gasteiger partial charge on any atom is -0.377 e. The van der Waals surface area contributed by atoms with Crippen LogP contribution in [0.4, 0.5) is 10.8 Å². The fourth-order valence-corrected chi connectivity index (χ4v) is 5.46. The zero-order valence-electron chi connectivity index (χ0n) is 16.3. The second kappa shape index (κ2) is 9.47. The predicted molar refractivity (Wildman–Crippen MR) is 117 cm³/mol. The molecule has 0 aliphatic carbocycles. The topological polar surface area (TPSA) is 116 Å². The minimum absolute atomic E-state index is 0.0163. The molecular weight excluding hydrogens is 478 g/mol. The van der Waals surface area contributed by atoms with Crippen LogP contribution in [0.3, 0.4) is 0 Å². The average Bonchev–Trinajstić information content (AvgIpc) is 3.07. The number of nitrogens with one attached hydrogen (secondary N) is 1. The van der Waals surface area contributed by atoms with Crippen molar-refractivity contribution < 1.29 is 13.2 Å². The molecule has 11 heteroatoms. The first-order valence-corrected chi connectivity index (χ1v) is 11.7. The number of nitriles is 1. The van der Waals surface area contributed by atoms with Gasteiger partial charge in [-0.25, -0.2) is 8.42 Å². The Balaban J connectivity index is 2.20. The van der Waals surface area contributed by atoms with Crippen LogP contribution in [0.25, 0.3) is 6.08 Å². The molecule has 0 spiro atoms. The van der Waals surface area contributed by atoms with E-state index in [1.165, 1.54) is 6.08 Å². The molecule has 8 nitrogen and oxygen atoms in total. The number of carbonyl (C=O) groups is 1. The van der Waals surface area contributed by atoms with E-state index in [1.54, 1.807) is 26.0 Å². The smallest absolute Gasteiger partial charge is 0.268 e. The molecule has 1 aromatic carbocycles. The van der Waals surface area contributed by atoms with Gasteiger partial charge in [-0.05, 0) is 45.6 Å². The summed E-state index contributed by atoms with van der Waals surface area (Å²) in [6.45, 7) is 3.56. The maximum atomic E-state index is 12.4. The third-order valence-electron chi connectivity index (χ3n) is 3.59. The largest absolute Gasteiger partial charge is 0.377 e. The molecule has 29 heavy (non-hydrogen) atoms. The lowest BCUT2D eigenvalue weighted by Gasteiger charge is -2.14. The molecule has 0 atom stereocenters. The quantitative estimate of drug-likeness (QED) is 0.460. The van der Waals surface area contributed by atoms with Crippen molar-refractivity contribution in [2.24, 2.45) is 5.92 Å². The Hall–Kier alpha value is -2.29. The highest BCUT2D eigenvalue weighted by Gasteiger charge is 2.23. The van der Waals surface area contributed by atoms with E-state index in [9.17, 15) is 18.5 Å². The number of benzene rings is 1.